The number of carbonyl (C=O) groups is 2. The van der Waals surface area contributed by atoms with E-state index in [1.165, 1.54) is 0 Å². The van der Waals surface area contributed by atoms with Crippen molar-refractivity contribution in [1.82, 2.24) is 4.98 Å². The van der Waals surface area contributed by atoms with Gasteiger partial charge in [0.2, 0.25) is 0 Å². The Labute approximate surface area is 95.5 Å². The SMILES string of the molecule is O=C(O)CCc1cccc(C(=O)CBr)n1. The number of hydrogen-bond donors (Lipinski definition) is 1. The van der Waals surface area contributed by atoms with E-state index in [-0.39, 0.29) is 17.5 Å². The van der Waals surface area contributed by atoms with Gasteiger partial charge in [0.05, 0.1) is 11.8 Å². The summed E-state index contributed by atoms with van der Waals surface area (Å²) in [7, 11) is 0. The lowest BCUT2D eigenvalue weighted by atomic mass is 10.2. The van der Waals surface area contributed by atoms with Crippen LogP contribution in [0.4, 0.5) is 0 Å². The molecule has 0 amide bonds. The predicted octanol–water partition coefficient (Wildman–Crippen LogP) is 1.68. The first-order valence-electron chi connectivity index (χ1n) is 4.40. The Morgan fingerprint density at radius 1 is 1.40 bits per heavy atom. The highest BCUT2D eigenvalue weighted by Gasteiger charge is 2.06. The molecule has 1 N–H and O–H groups in total. The number of carboxylic acid groups (broad SMARTS) is 1. The maximum absolute atomic E-state index is 11.3. The van der Waals surface area contributed by atoms with Crippen LogP contribution in [0.3, 0.4) is 0 Å². The van der Waals surface area contributed by atoms with E-state index in [4.69, 9.17) is 5.11 Å². The molecule has 15 heavy (non-hydrogen) atoms. The fourth-order valence-corrected chi connectivity index (χ4v) is 1.36. The van der Waals surface area contributed by atoms with Gasteiger partial charge in [-0.2, -0.15) is 0 Å². The summed E-state index contributed by atoms with van der Waals surface area (Å²) in [5.41, 5.74) is 0.999. The van der Waals surface area contributed by atoms with Crippen molar-refractivity contribution in [2.45, 2.75) is 12.8 Å². The number of carbonyl (C=O) groups excluding carboxylic acids is 1. The second-order valence-electron chi connectivity index (χ2n) is 2.96. The van der Waals surface area contributed by atoms with Crippen molar-refractivity contribution < 1.29 is 14.7 Å². The van der Waals surface area contributed by atoms with Gasteiger partial charge >= 0.3 is 5.97 Å². The molecule has 4 nitrogen and oxygen atoms in total. The third-order valence-electron chi connectivity index (χ3n) is 1.81. The molecule has 1 rings (SSSR count). The largest absolute Gasteiger partial charge is 0.481 e. The number of aromatic nitrogens is 1. The molecule has 0 aromatic carbocycles. The van der Waals surface area contributed by atoms with Gasteiger partial charge in [0.15, 0.2) is 5.78 Å². The van der Waals surface area contributed by atoms with E-state index >= 15 is 0 Å². The number of rotatable bonds is 5. The van der Waals surface area contributed by atoms with Crippen LogP contribution in [0.15, 0.2) is 18.2 Å². The molecular formula is C10H10BrNO3. The molecule has 80 valence electrons. The van der Waals surface area contributed by atoms with E-state index in [1.54, 1.807) is 18.2 Å². The van der Waals surface area contributed by atoms with Crippen molar-refractivity contribution in [3.05, 3.63) is 29.6 Å². The van der Waals surface area contributed by atoms with Gasteiger partial charge < -0.3 is 5.11 Å². The number of pyridine rings is 1. The third-order valence-corrected chi connectivity index (χ3v) is 2.32. The maximum atomic E-state index is 11.3. The fourth-order valence-electron chi connectivity index (χ4n) is 1.08. The Kier molecular flexibility index (Phi) is 4.42. The number of aliphatic carboxylic acids is 1. The zero-order valence-electron chi connectivity index (χ0n) is 7.94. The van der Waals surface area contributed by atoms with Crippen LogP contribution in [-0.2, 0) is 11.2 Å². The van der Waals surface area contributed by atoms with Crippen molar-refractivity contribution in [1.29, 1.82) is 0 Å². The molecule has 0 radical (unpaired) electrons. The number of Topliss-reactive ketones (excluding diaryl/α,β-unsaturated/α-hetero) is 1. The molecular weight excluding hydrogens is 262 g/mol. The molecule has 0 aliphatic heterocycles. The highest BCUT2D eigenvalue weighted by Crippen LogP contribution is 2.04. The third kappa shape index (κ3) is 3.79. The predicted molar refractivity (Wildman–Crippen MR) is 58.3 cm³/mol. The molecule has 0 spiro atoms. The van der Waals surface area contributed by atoms with E-state index < -0.39 is 5.97 Å². The number of hydrogen-bond acceptors (Lipinski definition) is 3. The van der Waals surface area contributed by atoms with Crippen molar-refractivity contribution in [2.24, 2.45) is 0 Å². The molecule has 0 saturated heterocycles. The Hall–Kier alpha value is -1.23. The average molecular weight is 272 g/mol. The summed E-state index contributed by atoms with van der Waals surface area (Å²) in [6.45, 7) is 0. The summed E-state index contributed by atoms with van der Waals surface area (Å²) in [6.07, 6.45) is 0.373. The van der Waals surface area contributed by atoms with Gasteiger partial charge in [-0.05, 0) is 12.1 Å². The monoisotopic (exact) mass is 271 g/mol. The Bertz CT molecular complexity index is 379. The van der Waals surface area contributed by atoms with Crippen LogP contribution in [0, 0.1) is 0 Å². The number of ketones is 1. The Morgan fingerprint density at radius 2 is 2.13 bits per heavy atom. The van der Waals surface area contributed by atoms with E-state index in [2.05, 4.69) is 20.9 Å². The summed E-state index contributed by atoms with van der Waals surface area (Å²) in [4.78, 5) is 25.7. The van der Waals surface area contributed by atoms with Gasteiger partial charge in [-0.3, -0.25) is 9.59 Å². The average Bonchev–Trinajstić information content (AvgIpc) is 2.25. The lowest BCUT2D eigenvalue weighted by Crippen LogP contribution is -2.06. The van der Waals surface area contributed by atoms with Crippen LogP contribution in [0.5, 0.6) is 0 Å². The first-order chi connectivity index (χ1) is 7.13. The maximum Gasteiger partial charge on any atom is 0.303 e. The summed E-state index contributed by atoms with van der Waals surface area (Å²) in [5, 5.41) is 8.72. The zero-order chi connectivity index (χ0) is 11.3. The summed E-state index contributed by atoms with van der Waals surface area (Å²) < 4.78 is 0. The van der Waals surface area contributed by atoms with Crippen LogP contribution in [0.25, 0.3) is 0 Å². The molecule has 1 aromatic heterocycles. The summed E-state index contributed by atoms with van der Waals surface area (Å²) >= 11 is 3.05. The molecule has 0 saturated carbocycles. The first kappa shape index (κ1) is 11.8. The quantitative estimate of drug-likeness (QED) is 0.654. The van der Waals surface area contributed by atoms with E-state index in [0.29, 0.717) is 17.8 Å². The second kappa shape index (κ2) is 5.60. The molecule has 1 aromatic rings. The first-order valence-corrected chi connectivity index (χ1v) is 5.52. The number of carboxylic acids is 1. The number of halogens is 1. The van der Waals surface area contributed by atoms with Gasteiger partial charge in [0.1, 0.15) is 5.69 Å². The molecule has 1 heterocycles. The minimum absolute atomic E-state index is 0.0267. The molecule has 0 aliphatic carbocycles. The van der Waals surface area contributed by atoms with Gasteiger partial charge in [0, 0.05) is 12.1 Å². The molecule has 0 unspecified atom stereocenters. The normalized spacial score (nSPS) is 9.93. The number of aryl methyl sites for hydroxylation is 1. The minimum atomic E-state index is -0.867. The Morgan fingerprint density at radius 3 is 2.73 bits per heavy atom. The van der Waals surface area contributed by atoms with Gasteiger partial charge in [-0.25, -0.2) is 4.98 Å². The highest BCUT2D eigenvalue weighted by molar-refractivity contribution is 9.09. The number of nitrogens with zero attached hydrogens (tertiary/aromatic N) is 1. The van der Waals surface area contributed by atoms with Crippen LogP contribution in [0.1, 0.15) is 22.6 Å². The summed E-state index contributed by atoms with van der Waals surface area (Å²) in [5.74, 6) is -0.971. The molecule has 0 bridgehead atoms. The van der Waals surface area contributed by atoms with E-state index in [0.717, 1.165) is 0 Å². The van der Waals surface area contributed by atoms with Crippen LogP contribution < -0.4 is 0 Å². The second-order valence-corrected chi connectivity index (χ2v) is 3.53. The minimum Gasteiger partial charge on any atom is -0.481 e. The molecule has 0 atom stereocenters. The summed E-state index contributed by atoms with van der Waals surface area (Å²) in [6, 6.07) is 5.04. The smallest absolute Gasteiger partial charge is 0.303 e. The van der Waals surface area contributed by atoms with E-state index in [1.807, 2.05) is 0 Å². The van der Waals surface area contributed by atoms with E-state index in [9.17, 15) is 9.59 Å². The number of alkyl halides is 1. The van der Waals surface area contributed by atoms with Gasteiger partial charge in [0.25, 0.3) is 0 Å². The Balaban J connectivity index is 2.74. The molecule has 0 fully saturated rings. The fraction of sp³-hybridized carbons (Fsp3) is 0.300. The highest BCUT2D eigenvalue weighted by atomic mass is 79.9. The van der Waals surface area contributed by atoms with Gasteiger partial charge in [-0.1, -0.05) is 22.0 Å². The van der Waals surface area contributed by atoms with Crippen molar-refractivity contribution in [3.8, 4) is 0 Å². The van der Waals surface area contributed by atoms with Crippen LogP contribution >= 0.6 is 15.9 Å². The zero-order valence-corrected chi connectivity index (χ0v) is 9.53. The van der Waals surface area contributed by atoms with Crippen LogP contribution in [0.2, 0.25) is 0 Å². The topological polar surface area (TPSA) is 67.3 Å². The van der Waals surface area contributed by atoms with Gasteiger partial charge in [-0.15, -0.1) is 0 Å². The van der Waals surface area contributed by atoms with Crippen molar-refractivity contribution in [3.63, 3.8) is 0 Å². The molecule has 5 heteroatoms. The van der Waals surface area contributed by atoms with Crippen molar-refractivity contribution in [2.75, 3.05) is 5.33 Å². The lowest BCUT2D eigenvalue weighted by molar-refractivity contribution is -0.136. The molecule has 0 aliphatic rings. The van der Waals surface area contributed by atoms with Crippen LogP contribution in [-0.4, -0.2) is 27.2 Å². The van der Waals surface area contributed by atoms with Crippen molar-refractivity contribution >= 4 is 27.7 Å². The lowest BCUT2D eigenvalue weighted by Gasteiger charge is -2.00. The standard InChI is InChI=1S/C10H10BrNO3/c11-6-9(13)8-3-1-2-7(12-8)4-5-10(14)15/h1-3H,4-6H2,(H,14,15).